The molecule has 5 atom stereocenters. The summed E-state index contributed by atoms with van der Waals surface area (Å²) in [6.07, 6.45) is 4.93. The summed E-state index contributed by atoms with van der Waals surface area (Å²) in [5.74, 6) is -1.85. The van der Waals surface area contributed by atoms with E-state index in [1.54, 1.807) is 19.3 Å². The van der Waals surface area contributed by atoms with Crippen LogP contribution < -0.4 is 20.1 Å². The summed E-state index contributed by atoms with van der Waals surface area (Å²) in [6, 6.07) is 1.38. The number of Topliss-reactive ketones (excluding diaryl/α,β-unsaturated/α-hetero) is 2. The van der Waals surface area contributed by atoms with Gasteiger partial charge < -0.3 is 29.7 Å². The van der Waals surface area contributed by atoms with Crippen LogP contribution in [0.4, 0.5) is 4.79 Å². The molecule has 0 bridgehead atoms. The van der Waals surface area contributed by atoms with Crippen LogP contribution in [-0.4, -0.2) is 107 Å². The molecule has 2 aromatic heterocycles. The van der Waals surface area contributed by atoms with Crippen LogP contribution in [0.2, 0.25) is 0 Å². The summed E-state index contributed by atoms with van der Waals surface area (Å²) in [5.41, 5.74) is 0.736. The fourth-order valence-electron chi connectivity index (χ4n) is 9.46. The van der Waals surface area contributed by atoms with Gasteiger partial charge >= 0.3 is 6.09 Å². The molecular weight excluding hydrogens is 883 g/mol. The molecule has 1 aliphatic heterocycles. The first kappa shape index (κ1) is 49.0. The lowest BCUT2D eigenvalue weighted by Gasteiger charge is -2.35. The maximum absolute atomic E-state index is 15.0. The minimum Gasteiger partial charge on any atom is -0.496 e. The highest BCUT2D eigenvalue weighted by molar-refractivity contribution is 7.93. The van der Waals surface area contributed by atoms with Gasteiger partial charge in [-0.25, -0.2) is 23.2 Å². The molecule has 66 heavy (non-hydrogen) atoms. The molecule has 4 aliphatic rings. The summed E-state index contributed by atoms with van der Waals surface area (Å²) < 4.78 is 44.4. The predicted octanol–water partition coefficient (Wildman–Crippen LogP) is 7.17. The van der Waals surface area contributed by atoms with Crippen molar-refractivity contribution in [1.29, 1.82) is 0 Å². The third-order valence-corrected chi connectivity index (χ3v) is 16.1. The Bertz CT molecular complexity index is 2530. The van der Waals surface area contributed by atoms with Crippen LogP contribution >= 0.6 is 11.3 Å². The summed E-state index contributed by atoms with van der Waals surface area (Å²) in [4.78, 5) is 81.0. The Morgan fingerprint density at radius 2 is 1.70 bits per heavy atom. The molecule has 358 valence electrons. The number of ketones is 2. The zero-order valence-corrected chi connectivity index (χ0v) is 41.3. The van der Waals surface area contributed by atoms with Crippen LogP contribution in [-0.2, 0) is 40.2 Å². The second kappa shape index (κ2) is 18.6. The van der Waals surface area contributed by atoms with Gasteiger partial charge in [0.05, 0.1) is 36.5 Å². The molecule has 1 saturated heterocycles. The number of benzene rings is 1. The molecule has 3 amide bonds. The van der Waals surface area contributed by atoms with E-state index in [1.165, 1.54) is 16.2 Å². The maximum Gasteiger partial charge on any atom is 0.408 e. The van der Waals surface area contributed by atoms with Gasteiger partial charge in [-0.15, -0.1) is 17.9 Å². The number of alkyl carbamates (subject to hydrolysis) is 1. The molecule has 3 heterocycles. The monoisotopic (exact) mass is 947 g/mol. The van der Waals surface area contributed by atoms with Crippen LogP contribution in [0.5, 0.6) is 11.5 Å². The summed E-state index contributed by atoms with van der Waals surface area (Å²) in [7, 11) is -2.11. The van der Waals surface area contributed by atoms with E-state index in [9.17, 15) is 32.4 Å². The fraction of sp³-hybridized carbons (Fsp3) is 0.612. The van der Waals surface area contributed by atoms with Gasteiger partial charge in [0.25, 0.3) is 0 Å². The Morgan fingerprint density at radius 1 is 1.00 bits per heavy atom. The van der Waals surface area contributed by atoms with Crippen LogP contribution in [0.3, 0.4) is 0 Å². The Hall–Kier alpha value is -4.90. The van der Waals surface area contributed by atoms with Crippen molar-refractivity contribution in [3.63, 3.8) is 0 Å². The average Bonchev–Trinajstić information content (AvgIpc) is 4.01. The molecule has 1 aromatic carbocycles. The van der Waals surface area contributed by atoms with Crippen LogP contribution in [0.25, 0.3) is 22.3 Å². The molecule has 0 spiro atoms. The molecule has 17 heteroatoms. The lowest BCUT2D eigenvalue weighted by atomic mass is 9.85. The number of aryl methyl sites for hydroxylation is 2. The van der Waals surface area contributed by atoms with Gasteiger partial charge in [0.2, 0.25) is 11.8 Å². The number of nitrogens with zero attached hydrogens (tertiary/aromatic N) is 3. The van der Waals surface area contributed by atoms with E-state index in [0.29, 0.717) is 58.1 Å². The Kier molecular flexibility index (Phi) is 13.8. The molecule has 3 aliphatic carbocycles. The smallest absolute Gasteiger partial charge is 0.408 e. The van der Waals surface area contributed by atoms with Gasteiger partial charge in [-0.1, -0.05) is 47.6 Å². The summed E-state index contributed by atoms with van der Waals surface area (Å²) in [6.45, 7) is 19.1. The number of methoxy groups -OCH3 is 1. The number of thiazole rings is 1. The van der Waals surface area contributed by atoms with E-state index in [4.69, 9.17) is 24.2 Å². The molecule has 3 saturated carbocycles. The lowest BCUT2D eigenvalue weighted by molar-refractivity contribution is -0.142. The molecule has 0 radical (unpaired) electrons. The highest BCUT2D eigenvalue weighted by Gasteiger charge is 2.61. The zero-order chi connectivity index (χ0) is 48.1. The molecule has 7 rings (SSSR count). The van der Waals surface area contributed by atoms with E-state index >= 15 is 0 Å². The molecule has 3 aromatic rings. The number of hydrogen-bond acceptors (Lipinski definition) is 13. The van der Waals surface area contributed by atoms with Crippen LogP contribution in [0.1, 0.15) is 115 Å². The Morgan fingerprint density at radius 3 is 2.30 bits per heavy atom. The van der Waals surface area contributed by atoms with E-state index in [2.05, 4.69) is 17.2 Å². The van der Waals surface area contributed by atoms with E-state index in [0.717, 1.165) is 36.8 Å². The SMILES string of the molecule is C=CC1C[C@]1(NC(=O)[C@@H]1C[C@@H](Oc2cc(-c3csc(CC(=O)CC(C)(C)C)n3)nc3c(C)c(OC)c(C)cc23)CN1C(=O)[C@@H](NC(=O)OC1CCCC1)C(C)(C)C)C(=O)CS(=O)(=O)C1CC1. The van der Waals surface area contributed by atoms with E-state index < -0.39 is 79.6 Å². The van der Waals surface area contributed by atoms with Crippen molar-refractivity contribution in [3.8, 4) is 22.9 Å². The van der Waals surface area contributed by atoms with Crippen molar-refractivity contribution in [2.24, 2.45) is 16.7 Å². The third kappa shape index (κ3) is 10.8. The molecule has 15 nitrogen and oxygen atoms in total. The highest BCUT2D eigenvalue weighted by atomic mass is 32.2. The van der Waals surface area contributed by atoms with Crippen LogP contribution in [0.15, 0.2) is 30.2 Å². The first-order chi connectivity index (χ1) is 30.9. The quantitative estimate of drug-likeness (QED) is 0.130. The number of sulfone groups is 1. The zero-order valence-electron chi connectivity index (χ0n) is 39.7. The van der Waals surface area contributed by atoms with E-state index in [1.807, 2.05) is 66.8 Å². The number of carbonyl (C=O) groups excluding carboxylic acids is 5. The normalized spacial score (nSPS) is 22.7. The first-order valence-electron chi connectivity index (χ1n) is 23.0. The Labute approximate surface area is 392 Å². The number of hydrogen-bond donors (Lipinski definition) is 2. The van der Waals surface area contributed by atoms with Gasteiger partial charge in [-0.05, 0) is 81.3 Å². The van der Waals surface area contributed by atoms with Gasteiger partial charge in [0, 0.05) is 41.2 Å². The lowest BCUT2D eigenvalue weighted by Crippen LogP contribution is -2.59. The number of pyridine rings is 1. The molecular formula is C49H65N5O10S2. The minimum absolute atomic E-state index is 0.00559. The largest absolute Gasteiger partial charge is 0.496 e. The predicted molar refractivity (Wildman–Crippen MR) is 252 cm³/mol. The van der Waals surface area contributed by atoms with Crippen molar-refractivity contribution in [2.45, 2.75) is 155 Å². The highest BCUT2D eigenvalue weighted by Crippen LogP contribution is 2.47. The number of rotatable bonds is 17. The second-order valence-corrected chi connectivity index (χ2v) is 24.2. The van der Waals surface area contributed by atoms with Gasteiger partial charge in [-0.2, -0.15) is 0 Å². The first-order valence-corrected chi connectivity index (χ1v) is 25.6. The van der Waals surface area contributed by atoms with Crippen molar-refractivity contribution in [1.82, 2.24) is 25.5 Å². The number of aromatic nitrogens is 2. The molecule has 1 unspecified atom stereocenters. The number of likely N-dealkylation sites (tertiary alicyclic amines) is 1. The number of fused-ring (bicyclic) bond motifs is 1. The number of amides is 3. The maximum atomic E-state index is 15.0. The van der Waals surface area contributed by atoms with E-state index in [-0.39, 0.29) is 43.1 Å². The number of carbonyl (C=O) groups is 5. The Balaban J connectivity index is 1.23. The van der Waals surface area contributed by atoms with Crippen molar-refractivity contribution < 1.29 is 46.6 Å². The minimum atomic E-state index is -3.70. The summed E-state index contributed by atoms with van der Waals surface area (Å²) >= 11 is 1.37. The number of nitrogens with one attached hydrogen (secondary N) is 2. The molecule has 4 fully saturated rings. The topological polar surface area (TPSA) is 200 Å². The summed E-state index contributed by atoms with van der Waals surface area (Å²) in [5, 5.41) is 8.33. The molecule has 2 N–H and O–H groups in total. The third-order valence-electron chi connectivity index (χ3n) is 13.1. The average molecular weight is 948 g/mol. The number of ether oxygens (including phenoxy) is 3. The fourth-order valence-corrected chi connectivity index (χ4v) is 12.0. The second-order valence-electron chi connectivity index (χ2n) is 21.0. The van der Waals surface area contributed by atoms with Crippen LogP contribution in [0, 0.1) is 30.6 Å². The standard InChI is InChI=1S/C49H65N5O10S2/c1-11-29-22-49(29,39(56)26-66(60,61)33-16-17-33)53-44(57)37-20-32(24-54(37)45(58)43(48(7,8)9)52-46(59)64-31-14-12-13-15-31)63-38-21-35(51-41-28(3)42(62-10)27(2)18-34(38)41)36-25-65-40(50-36)19-30(55)23-47(4,5)6/h11,18,21,25,29,31-33,37,43H,1,12-17,19-20,22-24,26H2,2-10H3,(H,52,59)(H,53,57)/t29?,32-,37+,43-,49-/m1/s1. The van der Waals surface area contributed by atoms with Gasteiger partial charge in [-0.3, -0.25) is 19.2 Å². The van der Waals surface area contributed by atoms with Crippen molar-refractivity contribution in [3.05, 3.63) is 46.3 Å². The van der Waals surface area contributed by atoms with Crippen molar-refractivity contribution >= 4 is 61.6 Å². The van der Waals surface area contributed by atoms with Gasteiger partial charge in [0.1, 0.15) is 63.6 Å². The van der Waals surface area contributed by atoms with Gasteiger partial charge in [0.15, 0.2) is 15.6 Å². The van der Waals surface area contributed by atoms with Crippen molar-refractivity contribution in [2.75, 3.05) is 19.4 Å².